The number of aromatic nitrogens is 1. The zero-order valence-electron chi connectivity index (χ0n) is 11.3. The van der Waals surface area contributed by atoms with Crippen LogP contribution in [0.2, 0.25) is 0 Å². The highest BCUT2D eigenvalue weighted by atomic mass is 79.9. The smallest absolute Gasteiger partial charge is 0.311 e. The molecular formula is C14H13BrN2O3S. The molecule has 1 amide bonds. The molecular weight excluding hydrogens is 356 g/mol. The predicted molar refractivity (Wildman–Crippen MR) is 84.5 cm³/mol. The molecule has 0 radical (unpaired) electrons. The molecule has 1 N–H and O–H groups in total. The van der Waals surface area contributed by atoms with E-state index in [-0.39, 0.29) is 18.3 Å². The van der Waals surface area contributed by atoms with Crippen molar-refractivity contribution in [3.8, 4) is 0 Å². The number of esters is 1. The Morgan fingerprint density at radius 1 is 1.43 bits per heavy atom. The molecule has 0 fully saturated rings. The second-order valence-corrected chi connectivity index (χ2v) is 5.86. The Hall–Kier alpha value is -1.73. The number of benzene rings is 1. The van der Waals surface area contributed by atoms with Crippen molar-refractivity contribution in [3.05, 3.63) is 45.4 Å². The van der Waals surface area contributed by atoms with Gasteiger partial charge in [0.15, 0.2) is 5.13 Å². The summed E-state index contributed by atoms with van der Waals surface area (Å²) in [4.78, 5) is 27.6. The first-order chi connectivity index (χ1) is 10.1. The van der Waals surface area contributed by atoms with Crippen molar-refractivity contribution in [3.63, 3.8) is 0 Å². The number of carbonyl (C=O) groups excluding carboxylic acids is 2. The van der Waals surface area contributed by atoms with Crippen LogP contribution >= 0.6 is 27.3 Å². The Labute approximate surface area is 134 Å². The van der Waals surface area contributed by atoms with Crippen molar-refractivity contribution in [2.75, 3.05) is 11.9 Å². The molecule has 0 bridgehead atoms. The number of thiazole rings is 1. The van der Waals surface area contributed by atoms with Gasteiger partial charge in [0.2, 0.25) is 0 Å². The SMILES string of the molecule is CCOC(=O)Cc1csc(NC(=O)c2cccc(Br)c2)n1. The van der Waals surface area contributed by atoms with E-state index in [0.717, 1.165) is 4.47 Å². The summed E-state index contributed by atoms with van der Waals surface area (Å²) in [6.07, 6.45) is 0.108. The van der Waals surface area contributed by atoms with Crippen LogP contribution in [0.15, 0.2) is 34.1 Å². The van der Waals surface area contributed by atoms with Gasteiger partial charge < -0.3 is 4.74 Å². The van der Waals surface area contributed by atoms with Gasteiger partial charge in [0, 0.05) is 15.4 Å². The van der Waals surface area contributed by atoms with E-state index in [1.54, 1.807) is 30.5 Å². The lowest BCUT2D eigenvalue weighted by molar-refractivity contribution is -0.142. The van der Waals surface area contributed by atoms with E-state index < -0.39 is 0 Å². The summed E-state index contributed by atoms with van der Waals surface area (Å²) in [6.45, 7) is 2.10. The fourth-order valence-corrected chi connectivity index (χ4v) is 2.71. The van der Waals surface area contributed by atoms with Crippen molar-refractivity contribution in [1.82, 2.24) is 4.98 Å². The summed E-state index contributed by atoms with van der Waals surface area (Å²) >= 11 is 4.59. The van der Waals surface area contributed by atoms with Gasteiger partial charge in [-0.3, -0.25) is 14.9 Å². The third kappa shape index (κ3) is 4.64. The highest BCUT2D eigenvalue weighted by Gasteiger charge is 2.11. The third-order valence-electron chi connectivity index (χ3n) is 2.49. The molecule has 2 aromatic rings. The molecule has 0 atom stereocenters. The molecule has 1 aromatic carbocycles. The van der Waals surface area contributed by atoms with Crippen LogP contribution in [-0.2, 0) is 16.0 Å². The summed E-state index contributed by atoms with van der Waals surface area (Å²) < 4.78 is 5.68. The van der Waals surface area contributed by atoms with E-state index in [9.17, 15) is 9.59 Å². The number of amides is 1. The molecule has 0 saturated carbocycles. The van der Waals surface area contributed by atoms with Crippen LogP contribution in [0.25, 0.3) is 0 Å². The van der Waals surface area contributed by atoms with Crippen LogP contribution in [0.1, 0.15) is 23.0 Å². The van der Waals surface area contributed by atoms with Gasteiger partial charge in [0.05, 0.1) is 18.7 Å². The van der Waals surface area contributed by atoms with Gasteiger partial charge in [-0.05, 0) is 25.1 Å². The molecule has 1 heterocycles. The summed E-state index contributed by atoms with van der Waals surface area (Å²) in [5.74, 6) is -0.569. The molecule has 1 aromatic heterocycles. The number of hydrogen-bond donors (Lipinski definition) is 1. The number of hydrogen-bond acceptors (Lipinski definition) is 5. The first-order valence-corrected chi connectivity index (χ1v) is 7.92. The van der Waals surface area contributed by atoms with E-state index in [2.05, 4.69) is 26.2 Å². The lowest BCUT2D eigenvalue weighted by atomic mass is 10.2. The largest absolute Gasteiger partial charge is 0.466 e. The number of anilines is 1. The molecule has 7 heteroatoms. The predicted octanol–water partition coefficient (Wildman–Crippen LogP) is 3.26. The Kier molecular flexibility index (Phi) is 5.46. The van der Waals surface area contributed by atoms with Gasteiger partial charge in [0.25, 0.3) is 5.91 Å². The lowest BCUT2D eigenvalue weighted by Gasteiger charge is -2.02. The minimum absolute atomic E-state index is 0.108. The maximum absolute atomic E-state index is 12.0. The maximum Gasteiger partial charge on any atom is 0.311 e. The van der Waals surface area contributed by atoms with Crippen LogP contribution in [-0.4, -0.2) is 23.5 Å². The average molecular weight is 369 g/mol. The summed E-state index contributed by atoms with van der Waals surface area (Å²) in [5.41, 5.74) is 1.12. The zero-order chi connectivity index (χ0) is 15.2. The second-order valence-electron chi connectivity index (χ2n) is 4.09. The quantitative estimate of drug-likeness (QED) is 0.822. The van der Waals surface area contributed by atoms with Crippen LogP contribution in [0.5, 0.6) is 0 Å². The highest BCUT2D eigenvalue weighted by molar-refractivity contribution is 9.10. The van der Waals surface area contributed by atoms with Crippen LogP contribution in [0.3, 0.4) is 0 Å². The van der Waals surface area contributed by atoms with Crippen molar-refractivity contribution >= 4 is 44.3 Å². The number of nitrogens with one attached hydrogen (secondary N) is 1. The summed E-state index contributed by atoms with van der Waals surface area (Å²) in [7, 11) is 0. The summed E-state index contributed by atoms with van der Waals surface area (Å²) in [6, 6.07) is 7.07. The lowest BCUT2D eigenvalue weighted by Crippen LogP contribution is -2.12. The first-order valence-electron chi connectivity index (χ1n) is 6.25. The molecule has 0 saturated heterocycles. The fourth-order valence-electron chi connectivity index (χ4n) is 1.60. The van der Waals surface area contributed by atoms with Crippen molar-refractivity contribution in [2.24, 2.45) is 0 Å². The second kappa shape index (κ2) is 7.33. The molecule has 0 aliphatic heterocycles. The molecule has 5 nitrogen and oxygen atoms in total. The number of rotatable bonds is 5. The average Bonchev–Trinajstić information content (AvgIpc) is 2.86. The number of ether oxygens (including phenoxy) is 1. The topological polar surface area (TPSA) is 68.3 Å². The van der Waals surface area contributed by atoms with Gasteiger partial charge in [0.1, 0.15) is 0 Å². The first kappa shape index (κ1) is 15.7. The zero-order valence-corrected chi connectivity index (χ0v) is 13.7. The number of nitrogens with zero attached hydrogens (tertiary/aromatic N) is 1. The molecule has 0 spiro atoms. The Morgan fingerprint density at radius 3 is 2.95 bits per heavy atom. The number of carbonyl (C=O) groups is 2. The van der Waals surface area contributed by atoms with Crippen molar-refractivity contribution in [1.29, 1.82) is 0 Å². The van der Waals surface area contributed by atoms with Crippen molar-refractivity contribution in [2.45, 2.75) is 13.3 Å². The third-order valence-corrected chi connectivity index (χ3v) is 3.79. The van der Waals surface area contributed by atoms with Crippen LogP contribution in [0.4, 0.5) is 5.13 Å². The highest BCUT2D eigenvalue weighted by Crippen LogP contribution is 2.18. The van der Waals surface area contributed by atoms with Crippen LogP contribution in [0, 0.1) is 0 Å². The summed E-state index contributed by atoms with van der Waals surface area (Å²) in [5, 5.41) is 4.89. The minimum atomic E-state index is -0.326. The standard InChI is InChI=1S/C14H13BrN2O3S/c1-2-20-12(18)7-11-8-21-14(16-11)17-13(19)9-4-3-5-10(15)6-9/h3-6,8H,2,7H2,1H3,(H,16,17,19). The Balaban J connectivity index is 1.99. The Morgan fingerprint density at radius 2 is 2.24 bits per heavy atom. The maximum atomic E-state index is 12.0. The van der Waals surface area contributed by atoms with Crippen molar-refractivity contribution < 1.29 is 14.3 Å². The van der Waals surface area contributed by atoms with E-state index in [0.29, 0.717) is 23.0 Å². The van der Waals surface area contributed by atoms with Gasteiger partial charge in [-0.15, -0.1) is 11.3 Å². The Bertz CT molecular complexity index is 657. The molecule has 110 valence electrons. The van der Waals surface area contributed by atoms with Gasteiger partial charge in [-0.2, -0.15) is 0 Å². The molecule has 21 heavy (non-hydrogen) atoms. The van der Waals surface area contributed by atoms with Crippen LogP contribution < -0.4 is 5.32 Å². The molecule has 0 unspecified atom stereocenters. The molecule has 0 aliphatic rings. The monoisotopic (exact) mass is 368 g/mol. The minimum Gasteiger partial charge on any atom is -0.466 e. The normalized spacial score (nSPS) is 10.2. The van der Waals surface area contributed by atoms with E-state index >= 15 is 0 Å². The number of halogens is 1. The van der Waals surface area contributed by atoms with E-state index in [1.807, 2.05) is 6.07 Å². The van der Waals surface area contributed by atoms with Gasteiger partial charge in [-0.25, -0.2) is 4.98 Å². The van der Waals surface area contributed by atoms with Gasteiger partial charge in [-0.1, -0.05) is 22.0 Å². The van der Waals surface area contributed by atoms with Gasteiger partial charge >= 0.3 is 5.97 Å². The fraction of sp³-hybridized carbons (Fsp3) is 0.214. The van der Waals surface area contributed by atoms with E-state index in [1.165, 1.54) is 11.3 Å². The molecule has 2 rings (SSSR count). The molecule has 0 aliphatic carbocycles. The van der Waals surface area contributed by atoms with E-state index in [4.69, 9.17) is 4.74 Å².